The van der Waals surface area contributed by atoms with Gasteiger partial charge in [-0.25, -0.2) is 4.39 Å². The molecular weight excluding hydrogens is 327 g/mol. The Morgan fingerprint density at radius 3 is 2.52 bits per heavy atom. The molecule has 0 heterocycles. The highest BCUT2D eigenvalue weighted by Gasteiger charge is 2.19. The topological polar surface area (TPSA) is 87.7 Å². The Bertz CT molecular complexity index is 808. The Labute approximate surface area is 144 Å². The zero-order valence-corrected chi connectivity index (χ0v) is 14.1. The van der Waals surface area contributed by atoms with Crippen molar-refractivity contribution in [2.75, 3.05) is 12.4 Å². The van der Waals surface area contributed by atoms with Gasteiger partial charge in [-0.15, -0.1) is 0 Å². The van der Waals surface area contributed by atoms with E-state index in [1.807, 2.05) is 0 Å². The van der Waals surface area contributed by atoms with Crippen molar-refractivity contribution >= 4 is 17.5 Å². The summed E-state index contributed by atoms with van der Waals surface area (Å²) in [6.45, 7) is 3.21. The lowest BCUT2D eigenvalue weighted by atomic mass is 10.1. The molecule has 6 nitrogen and oxygen atoms in total. The fourth-order valence-corrected chi connectivity index (χ4v) is 2.20. The average molecular weight is 346 g/mol. The Morgan fingerprint density at radius 1 is 1.16 bits per heavy atom. The van der Waals surface area contributed by atoms with E-state index in [9.17, 15) is 19.1 Å². The predicted molar refractivity (Wildman–Crippen MR) is 91.0 cm³/mol. The number of phenolic OH excluding ortho intramolecular Hbond substituents is 1. The highest BCUT2D eigenvalue weighted by molar-refractivity contribution is 6.39. The highest BCUT2D eigenvalue weighted by Crippen LogP contribution is 2.28. The first-order valence-electron chi connectivity index (χ1n) is 7.56. The maximum atomic E-state index is 13.5. The number of hydrogen-bond acceptors (Lipinski definition) is 4. The van der Waals surface area contributed by atoms with Gasteiger partial charge in [-0.1, -0.05) is 6.07 Å². The maximum Gasteiger partial charge on any atom is 0.313 e. The van der Waals surface area contributed by atoms with Crippen LogP contribution in [0.2, 0.25) is 0 Å². The molecule has 2 amide bonds. The van der Waals surface area contributed by atoms with Gasteiger partial charge in [-0.2, -0.15) is 0 Å². The molecule has 25 heavy (non-hydrogen) atoms. The molecule has 0 aliphatic heterocycles. The van der Waals surface area contributed by atoms with Crippen LogP contribution in [0.1, 0.15) is 24.1 Å². The third kappa shape index (κ3) is 4.47. The minimum atomic E-state index is -0.933. The zero-order valence-electron chi connectivity index (χ0n) is 14.1. The predicted octanol–water partition coefficient (Wildman–Crippen LogP) is 2.66. The molecule has 0 aliphatic carbocycles. The zero-order chi connectivity index (χ0) is 18.6. The molecule has 0 bridgehead atoms. The molecule has 2 rings (SSSR count). The van der Waals surface area contributed by atoms with Gasteiger partial charge in [-0.05, 0) is 49.7 Å². The summed E-state index contributed by atoms with van der Waals surface area (Å²) < 4.78 is 18.6. The number of hydrogen-bond donors (Lipinski definition) is 3. The van der Waals surface area contributed by atoms with Crippen LogP contribution in [0.15, 0.2) is 36.4 Å². The molecule has 0 radical (unpaired) electrons. The van der Waals surface area contributed by atoms with Gasteiger partial charge >= 0.3 is 11.8 Å². The molecule has 2 aromatic rings. The molecule has 0 saturated heterocycles. The van der Waals surface area contributed by atoms with Crippen molar-refractivity contribution in [3.63, 3.8) is 0 Å². The third-order valence-electron chi connectivity index (χ3n) is 3.68. The number of ether oxygens (including phenoxy) is 1. The average Bonchev–Trinajstić information content (AvgIpc) is 2.58. The van der Waals surface area contributed by atoms with E-state index in [-0.39, 0.29) is 11.4 Å². The lowest BCUT2D eigenvalue weighted by Crippen LogP contribution is -2.37. The molecule has 0 aliphatic rings. The number of carbonyl (C=O) groups excluding carboxylic acids is 2. The smallest absolute Gasteiger partial charge is 0.313 e. The van der Waals surface area contributed by atoms with Crippen molar-refractivity contribution in [2.45, 2.75) is 19.9 Å². The number of halogens is 1. The number of carbonyl (C=O) groups is 2. The minimum absolute atomic E-state index is 0.0328. The monoisotopic (exact) mass is 346 g/mol. The van der Waals surface area contributed by atoms with Gasteiger partial charge in [0.25, 0.3) is 0 Å². The van der Waals surface area contributed by atoms with E-state index >= 15 is 0 Å². The van der Waals surface area contributed by atoms with E-state index in [0.717, 1.165) is 6.07 Å². The third-order valence-corrected chi connectivity index (χ3v) is 3.68. The second-order valence-corrected chi connectivity index (χ2v) is 5.54. The number of benzene rings is 2. The number of anilines is 1. The van der Waals surface area contributed by atoms with Crippen LogP contribution < -0.4 is 15.4 Å². The Kier molecular flexibility index (Phi) is 5.59. The molecule has 2 aromatic carbocycles. The van der Waals surface area contributed by atoms with Crippen LogP contribution in [-0.2, 0) is 9.59 Å². The summed E-state index contributed by atoms with van der Waals surface area (Å²) in [4.78, 5) is 24.0. The first-order valence-corrected chi connectivity index (χ1v) is 7.56. The van der Waals surface area contributed by atoms with Crippen LogP contribution in [0.5, 0.6) is 11.5 Å². The van der Waals surface area contributed by atoms with E-state index in [4.69, 9.17) is 4.74 Å². The standard InChI is InChI=1S/C18H19FN2O4/c1-10-4-5-12(8-15(10)19)21-18(24)17(23)20-11(2)14-9-13(25-3)6-7-16(14)22/h4-9,11,22H,1-3H3,(H,20,23)(H,21,24)/t11-/m1/s1. The molecular formula is C18H19FN2O4. The van der Waals surface area contributed by atoms with Crippen LogP contribution in [-0.4, -0.2) is 24.0 Å². The van der Waals surface area contributed by atoms with Crippen LogP contribution in [0.25, 0.3) is 0 Å². The van der Waals surface area contributed by atoms with Crippen LogP contribution in [0.4, 0.5) is 10.1 Å². The van der Waals surface area contributed by atoms with Crippen LogP contribution in [0.3, 0.4) is 0 Å². The SMILES string of the molecule is COc1ccc(O)c([C@@H](C)NC(=O)C(=O)Nc2ccc(C)c(F)c2)c1. The molecule has 0 spiro atoms. The van der Waals surface area contributed by atoms with Gasteiger partial charge in [0.2, 0.25) is 0 Å². The number of phenols is 1. The summed E-state index contributed by atoms with van der Waals surface area (Å²) in [5, 5.41) is 14.7. The first kappa shape index (κ1) is 18.3. The summed E-state index contributed by atoms with van der Waals surface area (Å²) in [5.74, 6) is -1.84. The lowest BCUT2D eigenvalue weighted by Gasteiger charge is -2.16. The summed E-state index contributed by atoms with van der Waals surface area (Å²) >= 11 is 0. The van der Waals surface area contributed by atoms with Crippen molar-refractivity contribution in [3.8, 4) is 11.5 Å². The molecule has 0 saturated carbocycles. The number of aromatic hydroxyl groups is 1. The number of nitrogens with one attached hydrogen (secondary N) is 2. The Hall–Kier alpha value is -3.09. The van der Waals surface area contributed by atoms with Crippen LogP contribution >= 0.6 is 0 Å². The van der Waals surface area contributed by atoms with Gasteiger partial charge in [0.15, 0.2) is 0 Å². The number of methoxy groups -OCH3 is 1. The Morgan fingerprint density at radius 2 is 1.88 bits per heavy atom. The van der Waals surface area contributed by atoms with E-state index in [1.165, 1.54) is 25.3 Å². The van der Waals surface area contributed by atoms with E-state index in [1.54, 1.807) is 26.0 Å². The lowest BCUT2D eigenvalue weighted by molar-refractivity contribution is -0.136. The van der Waals surface area contributed by atoms with Crippen molar-refractivity contribution < 1.29 is 23.8 Å². The molecule has 7 heteroatoms. The largest absolute Gasteiger partial charge is 0.508 e. The first-order chi connectivity index (χ1) is 11.8. The van der Waals surface area contributed by atoms with Gasteiger partial charge in [0, 0.05) is 11.3 Å². The summed E-state index contributed by atoms with van der Waals surface area (Å²) in [6, 6.07) is 8.08. The maximum absolute atomic E-state index is 13.5. The molecule has 0 unspecified atom stereocenters. The van der Waals surface area contributed by atoms with E-state index in [2.05, 4.69) is 10.6 Å². The summed E-state index contributed by atoms with van der Waals surface area (Å²) in [5.41, 5.74) is 1.02. The Balaban J connectivity index is 2.05. The number of aryl methyl sites for hydroxylation is 1. The molecule has 1 atom stereocenters. The summed E-state index contributed by atoms with van der Waals surface area (Å²) in [6.07, 6.45) is 0. The van der Waals surface area contributed by atoms with Crippen molar-refractivity contribution in [1.29, 1.82) is 0 Å². The number of rotatable bonds is 4. The normalized spacial score (nSPS) is 11.5. The summed E-state index contributed by atoms with van der Waals surface area (Å²) in [7, 11) is 1.48. The minimum Gasteiger partial charge on any atom is -0.508 e. The second kappa shape index (κ2) is 7.65. The van der Waals surface area contributed by atoms with Gasteiger partial charge in [0.1, 0.15) is 17.3 Å². The molecule has 3 N–H and O–H groups in total. The van der Waals surface area contributed by atoms with Crippen LogP contribution in [0, 0.1) is 12.7 Å². The highest BCUT2D eigenvalue weighted by atomic mass is 19.1. The van der Waals surface area contributed by atoms with Gasteiger partial charge in [-0.3, -0.25) is 9.59 Å². The quantitative estimate of drug-likeness (QED) is 0.743. The second-order valence-electron chi connectivity index (χ2n) is 5.54. The number of amides is 2. The van der Waals surface area contributed by atoms with Crippen molar-refractivity contribution in [3.05, 3.63) is 53.3 Å². The molecule has 0 aromatic heterocycles. The van der Waals surface area contributed by atoms with Crippen molar-refractivity contribution in [1.82, 2.24) is 5.32 Å². The molecule has 0 fully saturated rings. The molecule has 132 valence electrons. The van der Waals surface area contributed by atoms with Gasteiger partial charge < -0.3 is 20.5 Å². The van der Waals surface area contributed by atoms with Gasteiger partial charge in [0.05, 0.1) is 13.2 Å². The fourth-order valence-electron chi connectivity index (χ4n) is 2.20. The van der Waals surface area contributed by atoms with E-state index < -0.39 is 23.7 Å². The van der Waals surface area contributed by atoms with Crippen molar-refractivity contribution in [2.24, 2.45) is 0 Å². The van der Waals surface area contributed by atoms with E-state index in [0.29, 0.717) is 16.9 Å². The fraction of sp³-hybridized carbons (Fsp3) is 0.222.